The van der Waals surface area contributed by atoms with Crippen LogP contribution >= 0.6 is 11.6 Å². The molecule has 132 valence electrons. The zero-order chi connectivity index (χ0) is 18.3. The van der Waals surface area contributed by atoms with Crippen LogP contribution in [0.25, 0.3) is 0 Å². The highest BCUT2D eigenvalue weighted by Crippen LogP contribution is 2.14. The van der Waals surface area contributed by atoms with Crippen LogP contribution in [0.4, 0.5) is 0 Å². The summed E-state index contributed by atoms with van der Waals surface area (Å²) in [7, 11) is 0. The third-order valence-corrected chi connectivity index (χ3v) is 3.88. The van der Waals surface area contributed by atoms with Crippen LogP contribution in [-0.2, 0) is 14.3 Å². The first-order valence-electron chi connectivity index (χ1n) is 7.73. The van der Waals surface area contributed by atoms with Crippen LogP contribution in [0, 0.1) is 5.92 Å². The van der Waals surface area contributed by atoms with E-state index in [4.69, 9.17) is 16.3 Å². The van der Waals surface area contributed by atoms with Crippen molar-refractivity contribution in [2.45, 2.75) is 39.8 Å². The second-order valence-electron chi connectivity index (χ2n) is 5.88. The Balaban J connectivity index is 2.46. The fourth-order valence-electron chi connectivity index (χ4n) is 1.70. The first-order chi connectivity index (χ1) is 11.2. The number of nitrogens with one attached hydrogen (secondary N) is 2. The lowest BCUT2D eigenvalue weighted by molar-refractivity contribution is -0.150. The van der Waals surface area contributed by atoms with Gasteiger partial charge in [-0.05, 0) is 31.9 Å². The summed E-state index contributed by atoms with van der Waals surface area (Å²) < 4.78 is 4.91. The van der Waals surface area contributed by atoms with Gasteiger partial charge in [-0.3, -0.25) is 9.59 Å². The fourth-order valence-corrected chi connectivity index (χ4v) is 1.92. The third-order valence-electron chi connectivity index (χ3n) is 3.55. The summed E-state index contributed by atoms with van der Waals surface area (Å²) in [4.78, 5) is 35.6. The second kappa shape index (κ2) is 9.27. The molecule has 1 aromatic carbocycles. The Hall–Kier alpha value is -2.08. The molecule has 0 spiro atoms. The summed E-state index contributed by atoms with van der Waals surface area (Å²) in [6.07, 6.45) is 0. The first-order valence-corrected chi connectivity index (χ1v) is 8.11. The maximum Gasteiger partial charge on any atom is 0.328 e. The maximum atomic E-state index is 12.1. The molecular formula is C17H23ClN2O4. The van der Waals surface area contributed by atoms with Crippen LogP contribution in [-0.4, -0.2) is 36.5 Å². The number of amides is 2. The number of hydrogen-bond acceptors (Lipinski definition) is 4. The molecule has 0 aliphatic heterocycles. The average Bonchev–Trinajstić information content (AvgIpc) is 2.52. The van der Waals surface area contributed by atoms with Crippen molar-refractivity contribution < 1.29 is 19.1 Å². The van der Waals surface area contributed by atoms with Crippen molar-refractivity contribution in [2.24, 2.45) is 5.92 Å². The minimum absolute atomic E-state index is 0.0199. The molecule has 0 heterocycles. The highest BCUT2D eigenvalue weighted by atomic mass is 35.5. The topological polar surface area (TPSA) is 84.5 Å². The molecule has 0 aromatic heterocycles. The lowest BCUT2D eigenvalue weighted by Crippen LogP contribution is -2.42. The van der Waals surface area contributed by atoms with Crippen molar-refractivity contribution in [1.82, 2.24) is 10.6 Å². The number of esters is 1. The number of carbonyl (C=O) groups is 3. The molecule has 2 N–H and O–H groups in total. The van der Waals surface area contributed by atoms with E-state index in [-0.39, 0.29) is 35.1 Å². The summed E-state index contributed by atoms with van der Waals surface area (Å²) in [6, 6.07) is 5.59. The van der Waals surface area contributed by atoms with Crippen molar-refractivity contribution in [3.8, 4) is 0 Å². The van der Waals surface area contributed by atoms with E-state index in [1.165, 1.54) is 6.92 Å². The zero-order valence-electron chi connectivity index (χ0n) is 14.3. The predicted octanol–water partition coefficient (Wildman–Crippen LogP) is 2.16. The second-order valence-corrected chi connectivity index (χ2v) is 6.29. The monoisotopic (exact) mass is 354 g/mol. The van der Waals surface area contributed by atoms with Gasteiger partial charge in [0.2, 0.25) is 0 Å². The minimum Gasteiger partial charge on any atom is -0.454 e. The number of carbonyl (C=O) groups excluding carboxylic acids is 3. The van der Waals surface area contributed by atoms with Crippen LogP contribution in [0.5, 0.6) is 0 Å². The van der Waals surface area contributed by atoms with Gasteiger partial charge in [0.15, 0.2) is 6.61 Å². The molecule has 0 unspecified atom stereocenters. The van der Waals surface area contributed by atoms with E-state index in [0.29, 0.717) is 0 Å². The highest BCUT2D eigenvalue weighted by Gasteiger charge is 2.20. The summed E-state index contributed by atoms with van der Waals surface area (Å²) >= 11 is 5.93. The third kappa shape index (κ3) is 6.20. The molecule has 0 aliphatic rings. The molecule has 0 saturated heterocycles. The molecule has 0 radical (unpaired) electrons. The van der Waals surface area contributed by atoms with Crippen molar-refractivity contribution >= 4 is 29.4 Å². The highest BCUT2D eigenvalue weighted by molar-refractivity contribution is 6.33. The summed E-state index contributed by atoms with van der Waals surface area (Å²) in [6.45, 7) is 6.91. The standard InChI is InChI=1S/C17H23ClN2O4/c1-10(2)11(3)19-15(21)9-24-17(23)12(4)20-16(22)13-7-5-6-8-14(13)18/h5-8,10-12H,9H2,1-4H3,(H,19,21)(H,20,22)/t11-,12-/m0/s1. The maximum absolute atomic E-state index is 12.1. The Morgan fingerprint density at radius 1 is 1.08 bits per heavy atom. The van der Waals surface area contributed by atoms with Crippen molar-refractivity contribution in [3.63, 3.8) is 0 Å². The van der Waals surface area contributed by atoms with Gasteiger partial charge >= 0.3 is 5.97 Å². The van der Waals surface area contributed by atoms with Crippen LogP contribution in [0.1, 0.15) is 38.1 Å². The SMILES string of the molecule is CC(C)[C@H](C)NC(=O)COC(=O)[C@H](C)NC(=O)c1ccccc1Cl. The van der Waals surface area contributed by atoms with Gasteiger partial charge in [-0.1, -0.05) is 37.6 Å². The number of hydrogen-bond donors (Lipinski definition) is 2. The van der Waals surface area contributed by atoms with Crippen LogP contribution in [0.2, 0.25) is 5.02 Å². The van der Waals surface area contributed by atoms with Crippen LogP contribution in [0.3, 0.4) is 0 Å². The molecular weight excluding hydrogens is 332 g/mol. The number of rotatable bonds is 7. The Morgan fingerprint density at radius 2 is 1.71 bits per heavy atom. The van der Waals surface area contributed by atoms with E-state index in [1.54, 1.807) is 24.3 Å². The molecule has 2 amide bonds. The summed E-state index contributed by atoms with van der Waals surface area (Å²) in [5, 5.41) is 5.51. The normalized spacial score (nSPS) is 13.1. The van der Waals surface area contributed by atoms with Gasteiger partial charge in [-0.2, -0.15) is 0 Å². The fraction of sp³-hybridized carbons (Fsp3) is 0.471. The van der Waals surface area contributed by atoms with E-state index in [9.17, 15) is 14.4 Å². The Morgan fingerprint density at radius 3 is 2.29 bits per heavy atom. The van der Waals surface area contributed by atoms with E-state index < -0.39 is 17.9 Å². The van der Waals surface area contributed by atoms with Gasteiger partial charge in [0.25, 0.3) is 11.8 Å². The van der Waals surface area contributed by atoms with Crippen LogP contribution < -0.4 is 10.6 Å². The van der Waals surface area contributed by atoms with E-state index in [1.807, 2.05) is 20.8 Å². The summed E-state index contributed by atoms with van der Waals surface area (Å²) in [5.41, 5.74) is 0.266. The molecule has 2 atom stereocenters. The molecule has 24 heavy (non-hydrogen) atoms. The number of ether oxygens (including phenoxy) is 1. The molecule has 1 rings (SSSR count). The Bertz CT molecular complexity index is 604. The molecule has 0 bridgehead atoms. The molecule has 0 fully saturated rings. The lowest BCUT2D eigenvalue weighted by Gasteiger charge is -2.18. The van der Waals surface area contributed by atoms with Gasteiger partial charge < -0.3 is 15.4 Å². The Kier molecular flexibility index (Phi) is 7.71. The van der Waals surface area contributed by atoms with Gasteiger partial charge in [-0.15, -0.1) is 0 Å². The molecule has 1 aromatic rings. The van der Waals surface area contributed by atoms with Crippen molar-refractivity contribution in [3.05, 3.63) is 34.9 Å². The first kappa shape index (κ1) is 20.0. The van der Waals surface area contributed by atoms with Crippen molar-refractivity contribution in [2.75, 3.05) is 6.61 Å². The number of benzene rings is 1. The minimum atomic E-state index is -0.899. The number of halogens is 1. The largest absolute Gasteiger partial charge is 0.454 e. The molecule has 0 aliphatic carbocycles. The van der Waals surface area contributed by atoms with E-state index in [2.05, 4.69) is 10.6 Å². The van der Waals surface area contributed by atoms with Crippen molar-refractivity contribution in [1.29, 1.82) is 0 Å². The van der Waals surface area contributed by atoms with E-state index in [0.717, 1.165) is 0 Å². The molecule has 7 heteroatoms. The predicted molar refractivity (Wildman–Crippen MR) is 91.8 cm³/mol. The van der Waals surface area contributed by atoms with Crippen LogP contribution in [0.15, 0.2) is 24.3 Å². The lowest BCUT2D eigenvalue weighted by atomic mass is 10.1. The van der Waals surface area contributed by atoms with Gasteiger partial charge in [-0.25, -0.2) is 4.79 Å². The smallest absolute Gasteiger partial charge is 0.328 e. The van der Waals surface area contributed by atoms with Gasteiger partial charge in [0, 0.05) is 6.04 Å². The Labute approximate surface area is 146 Å². The zero-order valence-corrected chi connectivity index (χ0v) is 15.0. The molecule has 6 nitrogen and oxygen atoms in total. The molecule has 0 saturated carbocycles. The van der Waals surface area contributed by atoms with E-state index >= 15 is 0 Å². The quantitative estimate of drug-likeness (QED) is 0.735. The average molecular weight is 355 g/mol. The van der Waals surface area contributed by atoms with Gasteiger partial charge in [0.1, 0.15) is 6.04 Å². The van der Waals surface area contributed by atoms with Gasteiger partial charge in [0.05, 0.1) is 10.6 Å². The summed E-state index contributed by atoms with van der Waals surface area (Å²) in [5.74, 6) is -1.28.